The normalized spacial score (nSPS) is 19.6. The number of carbonyl (C=O) groups is 1. The van der Waals surface area contributed by atoms with Gasteiger partial charge in [0.25, 0.3) is 0 Å². The molecule has 1 aromatic rings. The van der Waals surface area contributed by atoms with Crippen LogP contribution in [0.25, 0.3) is 0 Å². The summed E-state index contributed by atoms with van der Waals surface area (Å²) >= 11 is 0. The second kappa shape index (κ2) is 5.96. The standard InChI is InChI=1S/C17H26N2O/c1-12-9-10-14(11-13(12)2)17(3,16(18)20)19-15-7-5-4-6-8-15/h9-11,15,19H,4-8H2,1-3H3,(H2,18,20). The SMILES string of the molecule is Cc1ccc(C(C)(NC2CCCCC2)C(N)=O)cc1C. The highest BCUT2D eigenvalue weighted by atomic mass is 16.1. The molecule has 2 rings (SSSR count). The van der Waals surface area contributed by atoms with Gasteiger partial charge in [0.1, 0.15) is 5.54 Å². The molecule has 20 heavy (non-hydrogen) atoms. The Bertz CT molecular complexity index is 492. The van der Waals surface area contributed by atoms with Gasteiger partial charge in [0.2, 0.25) is 5.91 Å². The van der Waals surface area contributed by atoms with E-state index < -0.39 is 5.54 Å². The Morgan fingerprint density at radius 1 is 1.20 bits per heavy atom. The number of nitrogens with two attached hydrogens (primary N) is 1. The summed E-state index contributed by atoms with van der Waals surface area (Å²) in [6.07, 6.45) is 6.04. The molecule has 1 aliphatic rings. The molecule has 1 amide bonds. The van der Waals surface area contributed by atoms with Crippen LogP contribution in [0.5, 0.6) is 0 Å². The highest BCUT2D eigenvalue weighted by Gasteiger charge is 2.35. The van der Waals surface area contributed by atoms with Crippen LogP contribution in [0.4, 0.5) is 0 Å². The van der Waals surface area contributed by atoms with E-state index in [9.17, 15) is 4.79 Å². The van der Waals surface area contributed by atoms with Crippen molar-refractivity contribution in [2.45, 2.75) is 64.5 Å². The van der Waals surface area contributed by atoms with Gasteiger partial charge in [0.15, 0.2) is 0 Å². The van der Waals surface area contributed by atoms with E-state index >= 15 is 0 Å². The Hall–Kier alpha value is -1.35. The summed E-state index contributed by atoms with van der Waals surface area (Å²) in [5.41, 5.74) is 8.33. The molecule has 1 aliphatic carbocycles. The van der Waals surface area contributed by atoms with Crippen molar-refractivity contribution in [3.8, 4) is 0 Å². The highest BCUT2D eigenvalue weighted by Crippen LogP contribution is 2.27. The van der Waals surface area contributed by atoms with Gasteiger partial charge in [-0.1, -0.05) is 37.5 Å². The van der Waals surface area contributed by atoms with Crippen LogP contribution in [0, 0.1) is 13.8 Å². The maximum absolute atomic E-state index is 12.1. The van der Waals surface area contributed by atoms with Gasteiger partial charge in [-0.05, 0) is 50.3 Å². The number of aryl methyl sites for hydroxylation is 2. The quantitative estimate of drug-likeness (QED) is 0.887. The third kappa shape index (κ3) is 3.04. The van der Waals surface area contributed by atoms with E-state index in [1.54, 1.807) is 0 Å². The van der Waals surface area contributed by atoms with Crippen LogP contribution in [0.15, 0.2) is 18.2 Å². The van der Waals surface area contributed by atoms with E-state index in [1.165, 1.54) is 30.4 Å². The molecule has 3 N–H and O–H groups in total. The van der Waals surface area contributed by atoms with Crippen molar-refractivity contribution in [2.24, 2.45) is 5.73 Å². The van der Waals surface area contributed by atoms with Gasteiger partial charge in [-0.2, -0.15) is 0 Å². The predicted molar refractivity (Wildman–Crippen MR) is 82.5 cm³/mol. The Kier molecular flexibility index (Phi) is 4.48. The summed E-state index contributed by atoms with van der Waals surface area (Å²) in [6, 6.07) is 6.55. The van der Waals surface area contributed by atoms with E-state index in [1.807, 2.05) is 13.0 Å². The molecule has 1 aromatic carbocycles. The molecule has 0 radical (unpaired) electrons. The summed E-state index contributed by atoms with van der Waals surface area (Å²) in [6.45, 7) is 6.06. The summed E-state index contributed by atoms with van der Waals surface area (Å²) in [5.74, 6) is -0.300. The molecule has 1 fully saturated rings. The Balaban J connectivity index is 2.27. The lowest BCUT2D eigenvalue weighted by Crippen LogP contribution is -2.54. The van der Waals surface area contributed by atoms with Crippen LogP contribution in [0.1, 0.15) is 55.7 Å². The van der Waals surface area contributed by atoms with E-state index in [2.05, 4.69) is 31.3 Å². The van der Waals surface area contributed by atoms with E-state index in [0.29, 0.717) is 6.04 Å². The van der Waals surface area contributed by atoms with Crippen molar-refractivity contribution in [3.63, 3.8) is 0 Å². The molecule has 1 saturated carbocycles. The van der Waals surface area contributed by atoms with Crippen molar-refractivity contribution in [1.29, 1.82) is 0 Å². The van der Waals surface area contributed by atoms with Gasteiger partial charge in [0.05, 0.1) is 0 Å². The van der Waals surface area contributed by atoms with Gasteiger partial charge >= 0.3 is 0 Å². The van der Waals surface area contributed by atoms with E-state index in [0.717, 1.165) is 18.4 Å². The maximum atomic E-state index is 12.1. The molecule has 3 nitrogen and oxygen atoms in total. The smallest absolute Gasteiger partial charge is 0.242 e. The Morgan fingerprint density at radius 2 is 1.85 bits per heavy atom. The number of rotatable bonds is 4. The molecule has 1 atom stereocenters. The molecular formula is C17H26N2O. The zero-order valence-corrected chi connectivity index (χ0v) is 12.8. The summed E-state index contributed by atoms with van der Waals surface area (Å²) in [4.78, 5) is 12.1. The summed E-state index contributed by atoms with van der Waals surface area (Å²) in [7, 11) is 0. The number of nitrogens with one attached hydrogen (secondary N) is 1. The number of benzene rings is 1. The molecule has 0 heterocycles. The molecule has 1 unspecified atom stereocenters. The lowest BCUT2D eigenvalue weighted by molar-refractivity contribution is -0.124. The van der Waals surface area contributed by atoms with Crippen LogP contribution in [-0.2, 0) is 10.3 Å². The number of hydrogen-bond donors (Lipinski definition) is 2. The first kappa shape index (κ1) is 15.0. The molecule has 0 aliphatic heterocycles. The third-order valence-electron chi connectivity index (χ3n) is 4.68. The van der Waals surface area contributed by atoms with Gasteiger partial charge in [-0.25, -0.2) is 0 Å². The predicted octanol–water partition coefficient (Wildman–Crippen LogP) is 2.93. The molecule has 0 saturated heterocycles. The minimum atomic E-state index is -0.777. The fourth-order valence-electron chi connectivity index (χ4n) is 3.00. The molecular weight excluding hydrogens is 248 g/mol. The first-order chi connectivity index (χ1) is 9.43. The largest absolute Gasteiger partial charge is 0.368 e. The van der Waals surface area contributed by atoms with E-state index in [4.69, 9.17) is 5.73 Å². The van der Waals surface area contributed by atoms with Gasteiger partial charge in [0, 0.05) is 6.04 Å². The number of primary amides is 1. The third-order valence-corrected chi connectivity index (χ3v) is 4.68. The Morgan fingerprint density at radius 3 is 2.40 bits per heavy atom. The molecule has 0 spiro atoms. The van der Waals surface area contributed by atoms with Crippen molar-refractivity contribution >= 4 is 5.91 Å². The topological polar surface area (TPSA) is 55.1 Å². The molecule has 110 valence electrons. The van der Waals surface area contributed by atoms with Gasteiger partial charge in [-0.15, -0.1) is 0 Å². The van der Waals surface area contributed by atoms with Crippen molar-refractivity contribution in [2.75, 3.05) is 0 Å². The van der Waals surface area contributed by atoms with Crippen LogP contribution in [0.3, 0.4) is 0 Å². The van der Waals surface area contributed by atoms with Crippen LogP contribution in [0.2, 0.25) is 0 Å². The lowest BCUT2D eigenvalue weighted by Gasteiger charge is -2.35. The first-order valence-corrected chi connectivity index (χ1v) is 7.59. The van der Waals surface area contributed by atoms with Crippen LogP contribution < -0.4 is 11.1 Å². The minimum Gasteiger partial charge on any atom is -0.368 e. The molecule has 3 heteroatoms. The zero-order valence-electron chi connectivity index (χ0n) is 12.8. The Labute approximate surface area is 121 Å². The van der Waals surface area contributed by atoms with Crippen LogP contribution >= 0.6 is 0 Å². The fourth-order valence-corrected chi connectivity index (χ4v) is 3.00. The average molecular weight is 274 g/mol. The second-order valence-electron chi connectivity index (χ2n) is 6.27. The number of amides is 1. The van der Waals surface area contributed by atoms with Crippen LogP contribution in [-0.4, -0.2) is 11.9 Å². The number of hydrogen-bond acceptors (Lipinski definition) is 2. The van der Waals surface area contributed by atoms with Gasteiger partial charge < -0.3 is 5.73 Å². The van der Waals surface area contributed by atoms with Crippen molar-refractivity contribution < 1.29 is 4.79 Å². The second-order valence-corrected chi connectivity index (χ2v) is 6.27. The molecule has 0 bridgehead atoms. The maximum Gasteiger partial charge on any atom is 0.242 e. The monoisotopic (exact) mass is 274 g/mol. The minimum absolute atomic E-state index is 0.300. The summed E-state index contributed by atoms with van der Waals surface area (Å²) in [5, 5.41) is 3.52. The van der Waals surface area contributed by atoms with Crippen molar-refractivity contribution in [3.05, 3.63) is 34.9 Å². The fraction of sp³-hybridized carbons (Fsp3) is 0.588. The van der Waals surface area contributed by atoms with Gasteiger partial charge in [-0.3, -0.25) is 10.1 Å². The number of carbonyl (C=O) groups excluding carboxylic acids is 1. The first-order valence-electron chi connectivity index (χ1n) is 7.59. The van der Waals surface area contributed by atoms with Crippen molar-refractivity contribution in [1.82, 2.24) is 5.32 Å². The zero-order chi connectivity index (χ0) is 14.8. The van der Waals surface area contributed by atoms with E-state index in [-0.39, 0.29) is 5.91 Å². The lowest BCUT2D eigenvalue weighted by atomic mass is 9.86. The summed E-state index contributed by atoms with van der Waals surface area (Å²) < 4.78 is 0. The average Bonchev–Trinajstić information content (AvgIpc) is 2.42. The molecule has 0 aromatic heterocycles. The highest BCUT2D eigenvalue weighted by molar-refractivity contribution is 5.85.